The number of carbonyl (C=O) groups excluding carboxylic acids is 2. The second-order valence-corrected chi connectivity index (χ2v) is 10.4. The van der Waals surface area contributed by atoms with E-state index in [2.05, 4.69) is 5.32 Å². The second kappa shape index (κ2) is 14.7. The third-order valence-electron chi connectivity index (χ3n) is 6.22. The Kier molecular flexibility index (Phi) is 11.4. The summed E-state index contributed by atoms with van der Waals surface area (Å²) in [6.45, 7) is 4.26. The summed E-state index contributed by atoms with van der Waals surface area (Å²) < 4.78 is 5.23. The molecule has 0 bridgehead atoms. The van der Waals surface area contributed by atoms with Crippen LogP contribution < -0.4 is 10.1 Å². The van der Waals surface area contributed by atoms with Crippen molar-refractivity contribution in [3.8, 4) is 5.75 Å². The third-order valence-corrected chi connectivity index (χ3v) is 7.58. The average molecular weight is 539 g/mol. The molecule has 0 spiro atoms. The van der Waals surface area contributed by atoms with Crippen LogP contribution in [0.15, 0.2) is 78.9 Å². The van der Waals surface area contributed by atoms with E-state index in [1.807, 2.05) is 92.7 Å². The van der Waals surface area contributed by atoms with Gasteiger partial charge in [-0.2, -0.15) is 0 Å². The van der Waals surface area contributed by atoms with E-state index in [0.29, 0.717) is 17.2 Å². The maximum atomic E-state index is 13.7. The maximum Gasteiger partial charge on any atom is 0.243 e. The molecule has 0 saturated heterocycles. The molecule has 3 aromatic carbocycles. The number of hydrogen-bond acceptors (Lipinski definition) is 4. The summed E-state index contributed by atoms with van der Waals surface area (Å²) in [5.74, 6) is 1.47. The molecule has 0 saturated carbocycles. The molecule has 0 aromatic heterocycles. The van der Waals surface area contributed by atoms with Crippen LogP contribution in [0.4, 0.5) is 0 Å². The summed E-state index contributed by atoms with van der Waals surface area (Å²) in [6, 6.07) is 24.4. The molecule has 5 nitrogen and oxygen atoms in total. The molecule has 0 fully saturated rings. The van der Waals surface area contributed by atoms with Crippen molar-refractivity contribution in [2.75, 3.05) is 12.9 Å². The van der Waals surface area contributed by atoms with Gasteiger partial charge in [0, 0.05) is 29.8 Å². The van der Waals surface area contributed by atoms with Crippen LogP contribution in [0.1, 0.15) is 37.0 Å². The van der Waals surface area contributed by atoms with Gasteiger partial charge in [-0.3, -0.25) is 9.59 Å². The number of hydrogen-bond donors (Lipinski definition) is 1. The maximum absolute atomic E-state index is 13.7. The molecule has 2 amide bonds. The molecule has 196 valence electrons. The van der Waals surface area contributed by atoms with Gasteiger partial charge in [0.1, 0.15) is 11.8 Å². The van der Waals surface area contributed by atoms with Crippen molar-refractivity contribution in [2.45, 2.75) is 51.1 Å². The van der Waals surface area contributed by atoms with Crippen molar-refractivity contribution in [1.82, 2.24) is 10.2 Å². The Balaban J connectivity index is 1.84. The molecule has 2 atom stereocenters. The van der Waals surface area contributed by atoms with Crippen LogP contribution in [-0.4, -0.2) is 41.7 Å². The lowest BCUT2D eigenvalue weighted by Crippen LogP contribution is -2.52. The first-order valence-corrected chi connectivity index (χ1v) is 14.0. The molecule has 3 aromatic rings. The van der Waals surface area contributed by atoms with Crippen LogP contribution in [0, 0.1) is 0 Å². The first-order chi connectivity index (χ1) is 17.9. The number of amides is 2. The number of carbonyl (C=O) groups is 2. The fourth-order valence-electron chi connectivity index (χ4n) is 3.87. The fraction of sp³-hybridized carbons (Fsp3) is 0.333. The number of rotatable bonds is 13. The minimum atomic E-state index is -0.665. The van der Waals surface area contributed by atoms with Gasteiger partial charge in [0.05, 0.1) is 12.9 Å². The van der Waals surface area contributed by atoms with Gasteiger partial charge in [-0.25, -0.2) is 0 Å². The Morgan fingerprint density at radius 3 is 2.30 bits per heavy atom. The Morgan fingerprint density at radius 1 is 0.973 bits per heavy atom. The number of methoxy groups -OCH3 is 1. The van der Waals surface area contributed by atoms with Gasteiger partial charge in [0.25, 0.3) is 0 Å². The van der Waals surface area contributed by atoms with Crippen molar-refractivity contribution < 1.29 is 14.3 Å². The van der Waals surface area contributed by atoms with Crippen molar-refractivity contribution in [1.29, 1.82) is 0 Å². The Hall–Kier alpha value is -2.96. The quantitative estimate of drug-likeness (QED) is 0.284. The third kappa shape index (κ3) is 8.83. The molecule has 0 aliphatic carbocycles. The number of ether oxygens (including phenoxy) is 1. The Bertz CT molecular complexity index is 1140. The van der Waals surface area contributed by atoms with Crippen LogP contribution in [0.5, 0.6) is 5.75 Å². The van der Waals surface area contributed by atoms with Crippen LogP contribution >= 0.6 is 23.4 Å². The highest BCUT2D eigenvalue weighted by Crippen LogP contribution is 2.23. The molecule has 0 radical (unpaired) electrons. The summed E-state index contributed by atoms with van der Waals surface area (Å²) in [5.41, 5.74) is 2.91. The van der Waals surface area contributed by atoms with Crippen LogP contribution in [0.2, 0.25) is 5.02 Å². The zero-order valence-corrected chi connectivity index (χ0v) is 23.2. The van der Waals surface area contributed by atoms with E-state index in [0.717, 1.165) is 28.9 Å². The Labute approximate surface area is 229 Å². The molecule has 7 heteroatoms. The van der Waals surface area contributed by atoms with Gasteiger partial charge in [0.15, 0.2) is 0 Å². The highest BCUT2D eigenvalue weighted by Gasteiger charge is 2.31. The topological polar surface area (TPSA) is 58.6 Å². The zero-order chi connectivity index (χ0) is 26.6. The highest BCUT2D eigenvalue weighted by atomic mass is 35.5. The van der Waals surface area contributed by atoms with Crippen molar-refractivity contribution in [3.63, 3.8) is 0 Å². The normalized spacial score (nSPS) is 12.4. The smallest absolute Gasteiger partial charge is 0.243 e. The molecule has 0 heterocycles. The van der Waals surface area contributed by atoms with Crippen molar-refractivity contribution in [2.24, 2.45) is 0 Å². The lowest BCUT2D eigenvalue weighted by Gasteiger charge is -2.32. The first-order valence-electron chi connectivity index (χ1n) is 12.5. The Morgan fingerprint density at radius 2 is 1.65 bits per heavy atom. The lowest BCUT2D eigenvalue weighted by molar-refractivity contribution is -0.139. The van der Waals surface area contributed by atoms with Crippen molar-refractivity contribution >= 4 is 35.2 Å². The van der Waals surface area contributed by atoms with Gasteiger partial charge < -0.3 is 15.0 Å². The fourth-order valence-corrected chi connectivity index (χ4v) is 4.93. The zero-order valence-electron chi connectivity index (χ0n) is 21.7. The second-order valence-electron chi connectivity index (χ2n) is 8.98. The van der Waals surface area contributed by atoms with E-state index in [-0.39, 0.29) is 30.2 Å². The number of benzene rings is 3. The molecular weight excluding hydrogens is 504 g/mol. The van der Waals surface area contributed by atoms with E-state index in [1.54, 1.807) is 12.0 Å². The van der Waals surface area contributed by atoms with E-state index < -0.39 is 6.04 Å². The summed E-state index contributed by atoms with van der Waals surface area (Å²) in [4.78, 5) is 28.9. The molecule has 0 aliphatic rings. The van der Waals surface area contributed by atoms with Crippen LogP contribution in [0.25, 0.3) is 0 Å². The average Bonchev–Trinajstić information content (AvgIpc) is 2.92. The van der Waals surface area contributed by atoms with Gasteiger partial charge >= 0.3 is 0 Å². The van der Waals surface area contributed by atoms with E-state index >= 15 is 0 Å². The predicted molar refractivity (Wildman–Crippen MR) is 153 cm³/mol. The first kappa shape index (κ1) is 28.6. The number of thioether (sulfide) groups is 1. The van der Waals surface area contributed by atoms with Crippen LogP contribution in [0.3, 0.4) is 0 Å². The summed E-state index contributed by atoms with van der Waals surface area (Å²) in [5, 5.41) is 3.67. The standard InChI is InChI=1S/C30H35ClN2O3S/c1-4-22(2)32-30(35)28(18-23-10-6-5-7-11-23)33(19-25-12-8-9-13-27(25)31)29(34)21-37-20-24-14-16-26(36-3)17-15-24/h5-17,22,28H,4,18-21H2,1-3H3,(H,32,35)/t22-,28-/m1/s1. The largest absolute Gasteiger partial charge is 0.497 e. The van der Waals surface area contributed by atoms with E-state index in [4.69, 9.17) is 16.3 Å². The number of nitrogens with one attached hydrogen (secondary N) is 1. The molecule has 0 unspecified atom stereocenters. The monoisotopic (exact) mass is 538 g/mol. The van der Waals surface area contributed by atoms with Gasteiger partial charge in [-0.05, 0) is 48.2 Å². The van der Waals surface area contributed by atoms with Crippen LogP contribution in [-0.2, 0) is 28.3 Å². The molecule has 1 N–H and O–H groups in total. The van der Waals surface area contributed by atoms with Gasteiger partial charge in [0.2, 0.25) is 11.8 Å². The lowest BCUT2D eigenvalue weighted by atomic mass is 10.0. The molecular formula is C30H35ClN2O3S. The van der Waals surface area contributed by atoms with E-state index in [9.17, 15) is 9.59 Å². The predicted octanol–water partition coefficient (Wildman–Crippen LogP) is 6.14. The molecule has 3 rings (SSSR count). The van der Waals surface area contributed by atoms with Crippen molar-refractivity contribution in [3.05, 3.63) is 101 Å². The van der Waals surface area contributed by atoms with Gasteiger partial charge in [-0.15, -0.1) is 11.8 Å². The summed E-state index contributed by atoms with van der Waals surface area (Å²) in [6.07, 6.45) is 1.22. The molecule has 0 aliphatic heterocycles. The highest BCUT2D eigenvalue weighted by molar-refractivity contribution is 7.99. The minimum absolute atomic E-state index is 0.00693. The SMILES string of the molecule is CC[C@@H](C)NC(=O)[C@@H](Cc1ccccc1)N(Cc1ccccc1Cl)C(=O)CSCc1ccc(OC)cc1. The number of nitrogens with zero attached hydrogens (tertiary/aromatic N) is 1. The molecule has 37 heavy (non-hydrogen) atoms. The summed E-state index contributed by atoms with van der Waals surface area (Å²) >= 11 is 8.01. The summed E-state index contributed by atoms with van der Waals surface area (Å²) in [7, 11) is 1.64. The van der Waals surface area contributed by atoms with E-state index in [1.165, 1.54) is 11.8 Å². The van der Waals surface area contributed by atoms with Gasteiger partial charge in [-0.1, -0.05) is 79.2 Å². The number of halogens is 1. The minimum Gasteiger partial charge on any atom is -0.497 e.